The van der Waals surface area contributed by atoms with Crippen LogP contribution in [0.5, 0.6) is 0 Å². The first-order valence-corrected chi connectivity index (χ1v) is 7.75. The molecule has 0 aromatic carbocycles. The van der Waals surface area contributed by atoms with Crippen molar-refractivity contribution in [1.82, 2.24) is 9.80 Å². The first-order valence-electron chi connectivity index (χ1n) is 7.75. The van der Waals surface area contributed by atoms with Gasteiger partial charge in [0.25, 0.3) is 0 Å². The first kappa shape index (κ1) is 18.2. The number of piperidine rings is 2. The zero-order valence-electron chi connectivity index (χ0n) is 13.0. The maximum atomic E-state index is 12.5. The number of hydrogen-bond donors (Lipinski definition) is 1. The van der Waals surface area contributed by atoms with Crippen LogP contribution in [0.4, 0.5) is 0 Å². The van der Waals surface area contributed by atoms with E-state index in [2.05, 4.69) is 18.7 Å². The van der Waals surface area contributed by atoms with Crippen molar-refractivity contribution in [3.63, 3.8) is 0 Å². The molecule has 1 N–H and O–H groups in total. The molecule has 2 atom stereocenters. The van der Waals surface area contributed by atoms with Crippen molar-refractivity contribution < 1.29 is 14.7 Å². The summed E-state index contributed by atoms with van der Waals surface area (Å²) in [5.74, 6) is -0.720. The predicted octanol–water partition coefficient (Wildman–Crippen LogP) is 1.99. The van der Waals surface area contributed by atoms with Crippen molar-refractivity contribution in [2.45, 2.75) is 58.0 Å². The van der Waals surface area contributed by atoms with Crippen LogP contribution >= 0.6 is 12.4 Å². The van der Waals surface area contributed by atoms with Gasteiger partial charge < -0.3 is 10.0 Å². The second-order valence-electron chi connectivity index (χ2n) is 6.32. The number of carbonyl (C=O) groups is 2. The molecule has 0 aromatic heterocycles. The summed E-state index contributed by atoms with van der Waals surface area (Å²) in [5, 5.41) is 8.99. The van der Waals surface area contributed by atoms with E-state index in [-0.39, 0.29) is 24.2 Å². The molecule has 2 saturated heterocycles. The topological polar surface area (TPSA) is 60.9 Å². The average Bonchev–Trinajstić information content (AvgIpc) is 2.39. The highest BCUT2D eigenvalue weighted by atomic mass is 35.5. The number of amides is 1. The SMILES string of the molecule is CC1CCCC(C)N1C(=O)CN1CCC(C(=O)O)CC1.Cl. The molecule has 0 aromatic rings. The Hall–Kier alpha value is -0.810. The molecule has 122 valence electrons. The maximum absolute atomic E-state index is 12.5. The van der Waals surface area contributed by atoms with E-state index < -0.39 is 5.97 Å². The Balaban J connectivity index is 0.00000220. The lowest BCUT2D eigenvalue weighted by Crippen LogP contribution is -2.52. The molecule has 2 aliphatic heterocycles. The van der Waals surface area contributed by atoms with E-state index in [9.17, 15) is 9.59 Å². The maximum Gasteiger partial charge on any atom is 0.306 e. The van der Waals surface area contributed by atoms with E-state index >= 15 is 0 Å². The lowest BCUT2D eigenvalue weighted by atomic mass is 9.96. The Labute approximate surface area is 133 Å². The summed E-state index contributed by atoms with van der Waals surface area (Å²) in [6.45, 7) is 6.15. The van der Waals surface area contributed by atoms with E-state index in [0.29, 0.717) is 31.5 Å². The molecule has 0 bridgehead atoms. The second kappa shape index (κ2) is 7.99. The Kier molecular flexibility index (Phi) is 6.94. The molecule has 2 aliphatic rings. The highest BCUT2D eigenvalue weighted by Crippen LogP contribution is 2.23. The molecule has 0 aliphatic carbocycles. The summed E-state index contributed by atoms with van der Waals surface area (Å²) in [6.07, 6.45) is 4.71. The fraction of sp³-hybridized carbons (Fsp3) is 0.867. The van der Waals surface area contributed by atoms with Gasteiger partial charge >= 0.3 is 5.97 Å². The zero-order chi connectivity index (χ0) is 14.7. The smallest absolute Gasteiger partial charge is 0.306 e. The van der Waals surface area contributed by atoms with Gasteiger partial charge in [-0.2, -0.15) is 0 Å². The van der Waals surface area contributed by atoms with Crippen LogP contribution in [0.3, 0.4) is 0 Å². The number of aliphatic carboxylic acids is 1. The molecule has 5 nitrogen and oxygen atoms in total. The Morgan fingerprint density at radius 1 is 1.05 bits per heavy atom. The summed E-state index contributed by atoms with van der Waals surface area (Å²) < 4.78 is 0. The fourth-order valence-electron chi connectivity index (χ4n) is 3.52. The molecule has 2 rings (SSSR count). The standard InChI is InChI=1S/C15H26N2O3.ClH/c1-11-4-3-5-12(2)17(11)14(18)10-16-8-6-13(7-9-16)15(19)20;/h11-13H,3-10H2,1-2H3,(H,19,20);1H. The minimum atomic E-state index is -0.700. The van der Waals surface area contributed by atoms with Gasteiger partial charge in [0.2, 0.25) is 5.91 Å². The third kappa shape index (κ3) is 4.58. The molecule has 1 amide bonds. The summed E-state index contributed by atoms with van der Waals surface area (Å²) in [6, 6.07) is 0.672. The molecular formula is C15H27ClN2O3. The fourth-order valence-corrected chi connectivity index (χ4v) is 3.52. The number of carboxylic acid groups (broad SMARTS) is 1. The molecule has 0 radical (unpaired) electrons. The number of rotatable bonds is 3. The van der Waals surface area contributed by atoms with Crippen LogP contribution in [-0.4, -0.2) is 58.5 Å². The molecule has 2 heterocycles. The van der Waals surface area contributed by atoms with E-state index in [1.807, 2.05) is 4.90 Å². The zero-order valence-corrected chi connectivity index (χ0v) is 13.8. The average molecular weight is 319 g/mol. The normalized spacial score (nSPS) is 28.0. The van der Waals surface area contributed by atoms with Crippen LogP contribution in [0.1, 0.15) is 46.0 Å². The molecule has 2 unspecified atom stereocenters. The van der Waals surface area contributed by atoms with Crippen LogP contribution in [-0.2, 0) is 9.59 Å². The van der Waals surface area contributed by atoms with Crippen LogP contribution < -0.4 is 0 Å². The number of carboxylic acids is 1. The van der Waals surface area contributed by atoms with Crippen molar-refractivity contribution in [1.29, 1.82) is 0 Å². The lowest BCUT2D eigenvalue weighted by Gasteiger charge is -2.40. The number of likely N-dealkylation sites (tertiary alicyclic amines) is 2. The van der Waals surface area contributed by atoms with E-state index in [0.717, 1.165) is 25.9 Å². The number of carbonyl (C=O) groups excluding carboxylic acids is 1. The van der Waals surface area contributed by atoms with Crippen molar-refractivity contribution in [2.24, 2.45) is 5.92 Å². The van der Waals surface area contributed by atoms with Crippen molar-refractivity contribution in [2.75, 3.05) is 19.6 Å². The third-order valence-corrected chi connectivity index (χ3v) is 4.78. The number of nitrogens with zero attached hydrogens (tertiary/aromatic N) is 2. The van der Waals surface area contributed by atoms with E-state index in [1.54, 1.807) is 0 Å². The summed E-state index contributed by atoms with van der Waals surface area (Å²) in [5.41, 5.74) is 0. The van der Waals surface area contributed by atoms with Crippen molar-refractivity contribution in [3.8, 4) is 0 Å². The predicted molar refractivity (Wildman–Crippen MR) is 83.7 cm³/mol. The van der Waals surface area contributed by atoms with Gasteiger partial charge in [-0.05, 0) is 59.0 Å². The highest BCUT2D eigenvalue weighted by molar-refractivity contribution is 5.85. The second-order valence-corrected chi connectivity index (χ2v) is 6.32. The third-order valence-electron chi connectivity index (χ3n) is 4.78. The lowest BCUT2D eigenvalue weighted by molar-refractivity contribution is -0.143. The Morgan fingerprint density at radius 3 is 2.05 bits per heavy atom. The van der Waals surface area contributed by atoms with Gasteiger partial charge in [0.1, 0.15) is 0 Å². The minimum Gasteiger partial charge on any atom is -0.481 e. The van der Waals surface area contributed by atoms with Gasteiger partial charge in [0, 0.05) is 12.1 Å². The van der Waals surface area contributed by atoms with Crippen LogP contribution in [0, 0.1) is 5.92 Å². The number of hydrogen-bond acceptors (Lipinski definition) is 3. The molecule has 0 spiro atoms. The number of halogens is 1. The van der Waals surface area contributed by atoms with Gasteiger partial charge in [-0.15, -0.1) is 12.4 Å². The van der Waals surface area contributed by atoms with Crippen LogP contribution in [0.2, 0.25) is 0 Å². The highest BCUT2D eigenvalue weighted by Gasteiger charge is 2.31. The van der Waals surface area contributed by atoms with Gasteiger partial charge in [-0.3, -0.25) is 14.5 Å². The Morgan fingerprint density at radius 2 is 1.57 bits per heavy atom. The van der Waals surface area contributed by atoms with E-state index in [1.165, 1.54) is 6.42 Å². The van der Waals surface area contributed by atoms with Crippen molar-refractivity contribution in [3.05, 3.63) is 0 Å². The van der Waals surface area contributed by atoms with Gasteiger partial charge in [0.05, 0.1) is 12.5 Å². The summed E-state index contributed by atoms with van der Waals surface area (Å²) in [4.78, 5) is 27.5. The van der Waals surface area contributed by atoms with Gasteiger partial charge in [0.15, 0.2) is 0 Å². The first-order chi connectivity index (χ1) is 9.49. The van der Waals surface area contributed by atoms with Crippen LogP contribution in [0.15, 0.2) is 0 Å². The van der Waals surface area contributed by atoms with E-state index in [4.69, 9.17) is 5.11 Å². The quantitative estimate of drug-likeness (QED) is 0.864. The molecule has 0 saturated carbocycles. The summed E-state index contributed by atoms with van der Waals surface area (Å²) >= 11 is 0. The monoisotopic (exact) mass is 318 g/mol. The largest absolute Gasteiger partial charge is 0.481 e. The minimum absolute atomic E-state index is 0. The van der Waals surface area contributed by atoms with Crippen molar-refractivity contribution >= 4 is 24.3 Å². The Bertz CT molecular complexity index is 360. The molecule has 2 fully saturated rings. The molecule has 21 heavy (non-hydrogen) atoms. The van der Waals surface area contributed by atoms with Gasteiger partial charge in [-0.25, -0.2) is 0 Å². The van der Waals surface area contributed by atoms with Crippen LogP contribution in [0.25, 0.3) is 0 Å². The molecular weight excluding hydrogens is 292 g/mol. The molecule has 6 heteroatoms. The van der Waals surface area contributed by atoms with Gasteiger partial charge in [-0.1, -0.05) is 0 Å². The summed E-state index contributed by atoms with van der Waals surface area (Å²) in [7, 11) is 0.